The molecule has 0 aliphatic carbocycles. The normalized spacial score (nSPS) is 27.8. The van der Waals surface area contributed by atoms with Gasteiger partial charge < -0.3 is 9.80 Å². The van der Waals surface area contributed by atoms with E-state index in [1.807, 2.05) is 0 Å². The molecule has 0 radical (unpaired) electrons. The molecule has 4 heteroatoms. The number of nitrogens with zero attached hydrogens (tertiary/aromatic N) is 3. The van der Waals surface area contributed by atoms with Crippen LogP contribution in [-0.4, -0.2) is 61.5 Å². The molecule has 0 unspecified atom stereocenters. The predicted octanol–water partition coefficient (Wildman–Crippen LogP) is 2.62. The minimum absolute atomic E-state index is 0.305. The van der Waals surface area contributed by atoms with Gasteiger partial charge in [0.1, 0.15) is 0 Å². The van der Waals surface area contributed by atoms with Crippen molar-refractivity contribution in [1.29, 1.82) is 0 Å². The maximum atomic E-state index is 13.2. The van der Waals surface area contributed by atoms with E-state index < -0.39 is 0 Å². The Morgan fingerprint density at radius 2 is 1.96 bits per heavy atom. The van der Waals surface area contributed by atoms with Gasteiger partial charge in [-0.2, -0.15) is 0 Å². The first-order chi connectivity index (χ1) is 11.6. The van der Waals surface area contributed by atoms with Gasteiger partial charge in [0.25, 0.3) is 0 Å². The third-order valence-electron chi connectivity index (χ3n) is 6.03. The van der Waals surface area contributed by atoms with Crippen molar-refractivity contribution in [2.45, 2.75) is 44.6 Å². The lowest BCUT2D eigenvalue weighted by Crippen LogP contribution is -2.50. The molecule has 3 aliphatic rings. The summed E-state index contributed by atoms with van der Waals surface area (Å²) < 4.78 is 0. The van der Waals surface area contributed by atoms with Crippen molar-refractivity contribution in [2.75, 3.05) is 44.7 Å². The van der Waals surface area contributed by atoms with Crippen LogP contribution in [0.2, 0.25) is 0 Å². The van der Waals surface area contributed by atoms with E-state index in [0.29, 0.717) is 24.4 Å². The number of rotatable bonds is 2. The van der Waals surface area contributed by atoms with Gasteiger partial charge in [0.15, 0.2) is 0 Å². The van der Waals surface area contributed by atoms with Crippen LogP contribution in [0.4, 0.5) is 5.69 Å². The monoisotopic (exact) mass is 327 g/mol. The van der Waals surface area contributed by atoms with E-state index in [-0.39, 0.29) is 0 Å². The number of likely N-dealkylation sites (N-methyl/N-ethyl adjacent to an activating group) is 1. The highest BCUT2D eigenvalue weighted by Crippen LogP contribution is 2.44. The Morgan fingerprint density at radius 3 is 2.75 bits per heavy atom. The molecule has 1 aromatic rings. The van der Waals surface area contributed by atoms with Crippen LogP contribution in [0.15, 0.2) is 18.2 Å². The molecule has 2 saturated heterocycles. The Labute approximate surface area is 145 Å². The number of anilines is 1. The summed E-state index contributed by atoms with van der Waals surface area (Å²) in [5.41, 5.74) is 3.86. The molecule has 3 aliphatic heterocycles. The molecule has 4 rings (SSSR count). The minimum Gasteiger partial charge on any atom is -0.307 e. The van der Waals surface area contributed by atoms with E-state index in [1.165, 1.54) is 36.1 Å². The van der Waals surface area contributed by atoms with Crippen molar-refractivity contribution >= 4 is 11.6 Å². The lowest BCUT2D eigenvalue weighted by molar-refractivity contribution is -0.120. The third-order valence-corrected chi connectivity index (χ3v) is 6.03. The first-order valence-electron chi connectivity index (χ1n) is 9.47. The van der Waals surface area contributed by atoms with Crippen LogP contribution in [0.5, 0.6) is 0 Å². The number of hydrogen-bond acceptors (Lipinski definition) is 3. The lowest BCUT2D eigenvalue weighted by atomic mass is 9.89. The van der Waals surface area contributed by atoms with Gasteiger partial charge in [-0.25, -0.2) is 0 Å². The van der Waals surface area contributed by atoms with Gasteiger partial charge in [-0.05, 0) is 64.5 Å². The van der Waals surface area contributed by atoms with Crippen molar-refractivity contribution in [1.82, 2.24) is 9.80 Å². The summed E-state index contributed by atoms with van der Waals surface area (Å²) in [6.45, 7) is 7.05. The van der Waals surface area contributed by atoms with Crippen LogP contribution >= 0.6 is 0 Å². The zero-order valence-corrected chi connectivity index (χ0v) is 15.0. The summed E-state index contributed by atoms with van der Waals surface area (Å²) in [7, 11) is 2.20. The first kappa shape index (κ1) is 16.1. The van der Waals surface area contributed by atoms with Gasteiger partial charge in [0, 0.05) is 24.2 Å². The highest BCUT2D eigenvalue weighted by molar-refractivity contribution is 5.98. The molecule has 3 heterocycles. The second-order valence-electron chi connectivity index (χ2n) is 7.89. The molecule has 0 bridgehead atoms. The fraction of sp³-hybridized carbons (Fsp3) is 0.650. The van der Waals surface area contributed by atoms with Crippen LogP contribution in [0.3, 0.4) is 0 Å². The Hall–Kier alpha value is -1.39. The van der Waals surface area contributed by atoms with Crippen LogP contribution in [-0.2, 0) is 4.79 Å². The molecular formula is C20H29N3O. The number of piperidine rings is 2. The standard InChI is InChI=1S/C20H29N3O/c1-15-6-7-18-16(12-15)17-13-21(2)11-8-19(17)23(18)20(24)14-22-9-4-3-5-10-22/h6-7,12,17,19H,3-5,8-11,13-14H2,1-2H3/t17-,19-/m1/s1. The van der Waals surface area contributed by atoms with E-state index >= 15 is 0 Å². The topological polar surface area (TPSA) is 26.8 Å². The molecule has 4 nitrogen and oxygen atoms in total. The number of carbonyl (C=O) groups is 1. The molecule has 0 aromatic heterocycles. The average Bonchev–Trinajstić information content (AvgIpc) is 2.89. The van der Waals surface area contributed by atoms with Crippen LogP contribution < -0.4 is 4.90 Å². The number of carbonyl (C=O) groups excluding carboxylic acids is 1. The molecule has 0 N–H and O–H groups in total. The van der Waals surface area contributed by atoms with E-state index in [4.69, 9.17) is 0 Å². The summed E-state index contributed by atoms with van der Waals surface area (Å²) >= 11 is 0. The number of likely N-dealkylation sites (tertiary alicyclic amines) is 2. The molecule has 2 atom stereocenters. The Morgan fingerprint density at radius 1 is 1.17 bits per heavy atom. The smallest absolute Gasteiger partial charge is 0.241 e. The number of fused-ring (bicyclic) bond motifs is 3. The molecule has 1 amide bonds. The lowest BCUT2D eigenvalue weighted by Gasteiger charge is -2.37. The minimum atomic E-state index is 0.305. The van der Waals surface area contributed by atoms with Crippen molar-refractivity contribution in [3.05, 3.63) is 29.3 Å². The highest BCUT2D eigenvalue weighted by Gasteiger charge is 2.43. The average molecular weight is 327 g/mol. The summed E-state index contributed by atoms with van der Waals surface area (Å²) in [5.74, 6) is 0.781. The summed E-state index contributed by atoms with van der Waals surface area (Å²) in [6.07, 6.45) is 4.87. The zero-order chi connectivity index (χ0) is 16.7. The summed E-state index contributed by atoms with van der Waals surface area (Å²) in [6, 6.07) is 6.99. The van der Waals surface area contributed by atoms with Crippen molar-refractivity contribution in [2.24, 2.45) is 0 Å². The molecule has 130 valence electrons. The third kappa shape index (κ3) is 2.86. The quantitative estimate of drug-likeness (QED) is 0.835. The van der Waals surface area contributed by atoms with Crippen molar-refractivity contribution in [3.8, 4) is 0 Å². The second-order valence-corrected chi connectivity index (χ2v) is 7.89. The fourth-order valence-electron chi connectivity index (χ4n) is 4.79. The van der Waals surface area contributed by atoms with E-state index in [9.17, 15) is 4.79 Å². The van der Waals surface area contributed by atoms with Crippen LogP contribution in [0, 0.1) is 6.92 Å². The largest absolute Gasteiger partial charge is 0.307 e. The van der Waals surface area contributed by atoms with Crippen LogP contribution in [0.25, 0.3) is 0 Å². The molecule has 2 fully saturated rings. The molecule has 0 saturated carbocycles. The Kier molecular flexibility index (Phi) is 4.35. The van der Waals surface area contributed by atoms with Gasteiger partial charge in [0.2, 0.25) is 5.91 Å². The van der Waals surface area contributed by atoms with Crippen LogP contribution in [0.1, 0.15) is 42.7 Å². The fourth-order valence-corrected chi connectivity index (χ4v) is 4.79. The maximum Gasteiger partial charge on any atom is 0.241 e. The van der Waals surface area contributed by atoms with Crippen molar-refractivity contribution < 1.29 is 4.79 Å². The van der Waals surface area contributed by atoms with Gasteiger partial charge >= 0.3 is 0 Å². The highest BCUT2D eigenvalue weighted by atomic mass is 16.2. The number of benzene rings is 1. The molecular weight excluding hydrogens is 298 g/mol. The molecule has 1 aromatic carbocycles. The number of aryl methyl sites for hydroxylation is 1. The van der Waals surface area contributed by atoms with Gasteiger partial charge in [0.05, 0.1) is 6.54 Å². The zero-order valence-electron chi connectivity index (χ0n) is 15.0. The SMILES string of the molecule is Cc1ccc2c(c1)[C@H]1CN(C)CC[C@H]1N2C(=O)CN1CCCCC1. The summed E-state index contributed by atoms with van der Waals surface area (Å²) in [5, 5.41) is 0. The van der Waals surface area contributed by atoms with Gasteiger partial charge in [-0.3, -0.25) is 9.69 Å². The Balaban J connectivity index is 1.60. The first-order valence-corrected chi connectivity index (χ1v) is 9.47. The summed E-state index contributed by atoms with van der Waals surface area (Å²) in [4.78, 5) is 20.1. The second kappa shape index (κ2) is 6.49. The molecule has 0 spiro atoms. The van der Waals surface area contributed by atoms with E-state index in [1.54, 1.807) is 0 Å². The van der Waals surface area contributed by atoms with E-state index in [2.05, 4.69) is 46.9 Å². The molecule has 24 heavy (non-hydrogen) atoms. The van der Waals surface area contributed by atoms with Crippen molar-refractivity contribution in [3.63, 3.8) is 0 Å². The number of hydrogen-bond donors (Lipinski definition) is 0. The predicted molar refractivity (Wildman–Crippen MR) is 97.6 cm³/mol. The Bertz CT molecular complexity index is 623. The maximum absolute atomic E-state index is 13.2. The van der Waals surface area contributed by atoms with Gasteiger partial charge in [-0.15, -0.1) is 0 Å². The van der Waals surface area contributed by atoms with Gasteiger partial charge in [-0.1, -0.05) is 24.1 Å². The van der Waals surface area contributed by atoms with E-state index in [0.717, 1.165) is 32.6 Å². The number of amides is 1.